The summed E-state index contributed by atoms with van der Waals surface area (Å²) in [6.07, 6.45) is -3.52. The molecule has 29 heteroatoms. The molecule has 3 aromatic rings. The van der Waals surface area contributed by atoms with E-state index in [1.54, 1.807) is 19.1 Å². The number of primary amides is 2. The Bertz CT molecular complexity index is 3620. The Morgan fingerprint density at radius 1 is 0.844 bits per heavy atom. The van der Waals surface area contributed by atoms with E-state index in [0.29, 0.717) is 18.3 Å². The lowest BCUT2D eigenvalue weighted by molar-refractivity contribution is -0.390. The minimum Gasteiger partial charge on any atom is -0.504 e. The van der Waals surface area contributed by atoms with E-state index in [9.17, 15) is 74.4 Å². The number of amides is 8. The quantitative estimate of drug-likeness (QED) is 0.0410. The number of ether oxygens (including phenoxy) is 3. The van der Waals surface area contributed by atoms with Crippen LogP contribution < -0.4 is 52.8 Å². The van der Waals surface area contributed by atoms with Crippen molar-refractivity contribution in [2.24, 2.45) is 46.5 Å². The second kappa shape index (κ2) is 29.2. The van der Waals surface area contributed by atoms with E-state index in [2.05, 4.69) is 31.9 Å². The number of phenols is 1. The maximum atomic E-state index is 15.4. The first kappa shape index (κ1) is 71.1. The molecule has 0 aromatic heterocycles. The van der Waals surface area contributed by atoms with E-state index in [0.717, 1.165) is 30.5 Å². The molecular formula is C67H82Cl2N8O19. The van der Waals surface area contributed by atoms with Crippen LogP contribution in [-0.4, -0.2) is 150 Å². The Balaban J connectivity index is 1.03. The molecule has 5 aliphatic carbocycles. The third-order valence-corrected chi connectivity index (χ3v) is 20.5. The molecule has 1 spiro atoms. The molecule has 4 saturated carbocycles. The van der Waals surface area contributed by atoms with E-state index in [-0.39, 0.29) is 99.9 Å². The number of carbonyl (C=O) groups is 8. The molecule has 8 aliphatic rings. The summed E-state index contributed by atoms with van der Waals surface area (Å²) in [7, 11) is 0. The summed E-state index contributed by atoms with van der Waals surface area (Å²) in [5.74, 6) is -11.1. The molecule has 15 atom stereocenters. The van der Waals surface area contributed by atoms with Crippen LogP contribution in [0.1, 0.15) is 137 Å². The molecule has 3 heterocycles. The van der Waals surface area contributed by atoms with Crippen LogP contribution in [0.25, 0.3) is 0 Å². The summed E-state index contributed by atoms with van der Waals surface area (Å²) in [5, 5.41) is 106. The number of aliphatic hydroxyl groups excluding tert-OH is 5. The molecule has 18 N–H and O–H groups in total. The maximum Gasteiger partial charge on any atom is 0.248 e. The fourth-order valence-corrected chi connectivity index (χ4v) is 15.5. The Morgan fingerprint density at radius 3 is 2.22 bits per heavy atom. The molecule has 3 aromatic carbocycles. The number of allylic oxidation sites excluding steroid dienone is 3. The van der Waals surface area contributed by atoms with Gasteiger partial charge in [-0.05, 0) is 145 Å². The Hall–Kier alpha value is -7.70. The van der Waals surface area contributed by atoms with Gasteiger partial charge in [0.15, 0.2) is 17.3 Å². The Labute approximate surface area is 562 Å². The van der Waals surface area contributed by atoms with Gasteiger partial charge in [-0.3, -0.25) is 38.4 Å². The van der Waals surface area contributed by atoms with Gasteiger partial charge in [-0.1, -0.05) is 79.0 Å². The number of rotatable bonds is 21. The van der Waals surface area contributed by atoms with Crippen LogP contribution in [-0.2, 0) is 55.3 Å². The van der Waals surface area contributed by atoms with Gasteiger partial charge in [0.1, 0.15) is 54.3 Å². The van der Waals surface area contributed by atoms with Crippen molar-refractivity contribution in [3.8, 4) is 23.0 Å². The summed E-state index contributed by atoms with van der Waals surface area (Å²) in [5.41, 5.74) is 13.5. The Morgan fingerprint density at radius 2 is 1.57 bits per heavy atom. The van der Waals surface area contributed by atoms with E-state index < -0.39 is 169 Å². The SMILES string of the molecule is CC=C(C=CCl)CCC(=O)NC(C(=O)NC1C2CC3CC4CC1C342)C1=CC(O)CCC(O)(O)c2ccc(C(NC(=O)C3NC(=O)C(CC(N)=O)NC(=O)C(NC(=O)CCC(C)C)C(O)c4ccc(c(Cl)c4)Oc4cc3cc(O)c4OC3CC(O)C(O)C(CO)O3)C(N)=O)cc2C1. The topological polar surface area (TPSA) is 450 Å². The first-order chi connectivity index (χ1) is 45.5. The fourth-order valence-electron chi connectivity index (χ4n) is 15.1. The van der Waals surface area contributed by atoms with Crippen molar-refractivity contribution in [2.45, 2.75) is 177 Å². The zero-order chi connectivity index (χ0) is 69.4. The van der Waals surface area contributed by atoms with Gasteiger partial charge in [0.05, 0.1) is 30.3 Å². The molecular weight excluding hydrogens is 1290 g/mol. The van der Waals surface area contributed by atoms with Crippen LogP contribution in [0, 0.1) is 35.0 Å². The number of fused-ring (bicyclic) bond motifs is 10. The van der Waals surface area contributed by atoms with Crippen molar-refractivity contribution >= 4 is 70.5 Å². The largest absolute Gasteiger partial charge is 0.504 e. The van der Waals surface area contributed by atoms with E-state index in [1.807, 2.05) is 13.8 Å². The zero-order valence-corrected chi connectivity index (χ0v) is 54.4. The summed E-state index contributed by atoms with van der Waals surface area (Å²) in [6.45, 7) is 4.70. The number of hydrogen-bond donors (Lipinski definition) is 16. The highest BCUT2D eigenvalue weighted by Crippen LogP contribution is 2.87. The predicted molar refractivity (Wildman–Crippen MR) is 342 cm³/mol. The van der Waals surface area contributed by atoms with E-state index in [4.69, 9.17) is 48.9 Å². The average molecular weight is 1370 g/mol. The molecule has 3 aliphatic heterocycles. The lowest BCUT2D eigenvalue weighted by Crippen LogP contribution is -2.88. The van der Waals surface area contributed by atoms with Gasteiger partial charge >= 0.3 is 0 Å². The summed E-state index contributed by atoms with van der Waals surface area (Å²) < 4.78 is 18.0. The number of aromatic hydroxyl groups is 1. The smallest absolute Gasteiger partial charge is 0.248 e. The molecule has 15 unspecified atom stereocenters. The molecule has 4 bridgehead atoms. The van der Waals surface area contributed by atoms with E-state index >= 15 is 4.79 Å². The molecule has 8 amide bonds. The van der Waals surface area contributed by atoms with Crippen molar-refractivity contribution in [3.63, 3.8) is 0 Å². The summed E-state index contributed by atoms with van der Waals surface area (Å²) in [6, 6.07) is -0.170. The normalized spacial score (nSPS) is 30.3. The number of halogens is 2. The molecule has 1 saturated heterocycles. The van der Waals surface area contributed by atoms with Gasteiger partial charge < -0.3 is 98.4 Å². The Kier molecular flexibility index (Phi) is 21.6. The van der Waals surface area contributed by atoms with Gasteiger partial charge in [0.25, 0.3) is 0 Å². The fraction of sp³-hybridized carbons (Fsp3) is 0.522. The number of nitrogens with one attached hydrogen (secondary N) is 6. The highest BCUT2D eigenvalue weighted by molar-refractivity contribution is 6.32. The second-order valence-electron chi connectivity index (χ2n) is 26.6. The monoisotopic (exact) mass is 1370 g/mol. The van der Waals surface area contributed by atoms with Gasteiger partial charge in [0.2, 0.25) is 59.3 Å². The second-order valence-corrected chi connectivity index (χ2v) is 27.2. The molecule has 5 fully saturated rings. The van der Waals surface area contributed by atoms with Crippen molar-refractivity contribution in [1.29, 1.82) is 0 Å². The van der Waals surface area contributed by atoms with Crippen LogP contribution in [0.5, 0.6) is 23.0 Å². The van der Waals surface area contributed by atoms with Crippen molar-refractivity contribution in [3.05, 3.63) is 116 Å². The van der Waals surface area contributed by atoms with E-state index in [1.165, 1.54) is 54.4 Å². The molecule has 27 nitrogen and oxygen atoms in total. The number of hydrogen-bond acceptors (Lipinski definition) is 19. The highest BCUT2D eigenvalue weighted by atomic mass is 35.5. The molecule has 96 heavy (non-hydrogen) atoms. The highest BCUT2D eigenvalue weighted by Gasteiger charge is 2.84. The van der Waals surface area contributed by atoms with Crippen molar-refractivity contribution in [1.82, 2.24) is 31.9 Å². The van der Waals surface area contributed by atoms with Gasteiger partial charge in [-0.15, -0.1) is 0 Å². The van der Waals surface area contributed by atoms with Crippen molar-refractivity contribution < 1.29 is 93.4 Å². The zero-order valence-electron chi connectivity index (χ0n) is 52.9. The third kappa shape index (κ3) is 14.6. The molecule has 0 radical (unpaired) electrons. The number of aliphatic hydroxyl groups is 7. The molecule has 518 valence electrons. The number of benzene rings is 3. The van der Waals surface area contributed by atoms with Crippen LogP contribution in [0.4, 0.5) is 0 Å². The third-order valence-electron chi connectivity index (χ3n) is 20.1. The predicted octanol–water partition coefficient (Wildman–Crippen LogP) is 1.76. The standard InChI is InChI=1S/C67H82Cl2N8O19/c1-4-30(14-16-68)6-12-51(84)73-54(63(89)77-56-40-24-36-23-37-25-41(56)67(36,37)40)34-18-33-17-31(7-9-39(33)66(92,93)15-13-38(79)19-34)53(61(71)87)75-64(90)55-35-21-45(81)60(96-52-27-44(80)59(86)48(28-78)95-52)47(22-35)94-46-10-8-32(20-42(46)69)58(85)57(74-50(83)11-5-29(2)3)65(91)72-43(26-49(70)82)62(88)76-55/h4,7-10,14,16-17,19-22,29,36-38,40-41,43-44,48,52-59,78-81,85-86,92-93H,5-6,11-13,15,18,23-28H2,1-3H3,(H2,70,82)(H2,71,87)(H,72,91)(H,73,84)(H,74,83)(H,75,90)(H,76,88)(H,77,89). The minimum absolute atomic E-state index is 0.0282. The van der Waals surface area contributed by atoms with Crippen LogP contribution >= 0.6 is 23.2 Å². The minimum atomic E-state index is -2.68. The van der Waals surface area contributed by atoms with Crippen molar-refractivity contribution in [2.75, 3.05) is 6.61 Å². The number of phenolic OH excluding ortho intramolecular Hbond substituents is 1. The van der Waals surface area contributed by atoms with Crippen LogP contribution in [0.2, 0.25) is 5.02 Å². The van der Waals surface area contributed by atoms with Crippen LogP contribution in [0.3, 0.4) is 0 Å². The molecule has 11 rings (SSSR count). The lowest BCUT2D eigenvalue weighted by Gasteiger charge is -2.88. The number of carbonyl (C=O) groups excluding carboxylic acids is 8. The summed E-state index contributed by atoms with van der Waals surface area (Å²) in [4.78, 5) is 114. The number of nitrogens with two attached hydrogens (primary N) is 2. The summed E-state index contributed by atoms with van der Waals surface area (Å²) >= 11 is 12.7. The van der Waals surface area contributed by atoms with Gasteiger partial charge in [-0.25, -0.2) is 0 Å². The first-order valence-corrected chi connectivity index (χ1v) is 32.9. The van der Waals surface area contributed by atoms with Gasteiger partial charge in [-0.2, -0.15) is 0 Å². The van der Waals surface area contributed by atoms with Gasteiger partial charge in [0, 0.05) is 42.8 Å². The lowest BCUT2D eigenvalue weighted by atomic mass is 9.17. The first-order valence-electron chi connectivity index (χ1n) is 32.1. The maximum absolute atomic E-state index is 15.4. The van der Waals surface area contributed by atoms with Crippen LogP contribution in [0.15, 0.2) is 83.4 Å². The average Bonchev–Trinajstić information content (AvgIpc) is 0.627.